The Morgan fingerprint density at radius 2 is 0.900 bits per heavy atom. The molecule has 0 unspecified atom stereocenters. The third-order valence-corrected chi connectivity index (χ3v) is 7.79. The fourth-order valence-electron chi connectivity index (χ4n) is 1.30. The van der Waals surface area contributed by atoms with E-state index in [1.807, 2.05) is 0 Å². The van der Waals surface area contributed by atoms with Gasteiger partial charge in [0.05, 0.1) is 0 Å². The Balaban J connectivity index is 0. The van der Waals surface area contributed by atoms with Crippen LogP contribution in [-0.2, 0) is 0 Å². The van der Waals surface area contributed by atoms with Gasteiger partial charge in [0.1, 0.15) is 0 Å². The Morgan fingerprint density at radius 1 is 0.700 bits per heavy atom. The van der Waals surface area contributed by atoms with Crippen molar-refractivity contribution in [2.24, 2.45) is 0 Å². The van der Waals surface area contributed by atoms with E-state index in [0.29, 0.717) is 0 Å². The minimum Gasteiger partial charge on any atom is -0.327 e. The van der Waals surface area contributed by atoms with Crippen molar-refractivity contribution in [1.29, 1.82) is 0 Å². The largest absolute Gasteiger partial charge is 0.327 e. The molecule has 60 valence electrons. The van der Waals surface area contributed by atoms with Crippen molar-refractivity contribution in [1.82, 2.24) is 0 Å². The van der Waals surface area contributed by atoms with E-state index in [-0.39, 0.29) is 40.8 Å². The zero-order valence-electron chi connectivity index (χ0n) is 8.08. The van der Waals surface area contributed by atoms with Crippen molar-refractivity contribution < 1.29 is 40.8 Å². The van der Waals surface area contributed by atoms with Gasteiger partial charge in [-0.25, -0.2) is 0 Å². The fraction of sp³-hybridized carbons (Fsp3) is 0.857. The monoisotopic (exact) mass is 301 g/mol. The van der Waals surface area contributed by atoms with Crippen LogP contribution in [0.15, 0.2) is 0 Å². The first kappa shape index (κ1) is 14.3. The van der Waals surface area contributed by atoms with Gasteiger partial charge in [-0.05, 0) is 0 Å². The Hall–Kier alpha value is 1.78. The molecule has 0 aromatic carbocycles. The summed E-state index contributed by atoms with van der Waals surface area (Å²) >= 11 is 0. The zero-order chi connectivity index (χ0) is 7.71. The molecule has 10 heavy (non-hydrogen) atoms. The van der Waals surface area contributed by atoms with Crippen LogP contribution >= 0.6 is 0 Å². The standard InChI is InChI=1S/C7H19Si2.Nd/c1-8(2,3)7-9(4,5)6;/h7H,1-6H3;/q-1;. The van der Waals surface area contributed by atoms with Crippen molar-refractivity contribution >= 4 is 16.1 Å². The molecule has 0 fully saturated rings. The predicted molar refractivity (Wildman–Crippen MR) is 51.0 cm³/mol. The number of hydrogen-bond donors (Lipinski definition) is 0. The molecule has 0 aliphatic heterocycles. The van der Waals surface area contributed by atoms with Crippen LogP contribution in [0.5, 0.6) is 0 Å². The normalized spacial score (nSPS) is 12.6. The molecule has 0 nitrogen and oxygen atoms in total. The van der Waals surface area contributed by atoms with Gasteiger partial charge in [-0.3, -0.25) is 0 Å². The van der Waals surface area contributed by atoms with Crippen LogP contribution in [0.1, 0.15) is 0 Å². The second-order valence-corrected chi connectivity index (χ2v) is 15.5. The molecule has 0 heterocycles. The predicted octanol–water partition coefficient (Wildman–Crippen LogP) is 2.95. The second-order valence-electron chi connectivity index (χ2n) is 4.88. The summed E-state index contributed by atoms with van der Waals surface area (Å²) in [5, 5.41) is 0. The van der Waals surface area contributed by atoms with E-state index in [2.05, 4.69) is 44.9 Å². The summed E-state index contributed by atoms with van der Waals surface area (Å²) in [6.07, 6.45) is 0. The Bertz CT molecular complexity index is 76.8. The maximum Gasteiger partial charge on any atom is 0 e. The smallest absolute Gasteiger partial charge is 0 e. The van der Waals surface area contributed by atoms with Gasteiger partial charge in [-0.1, -0.05) is 39.3 Å². The molecule has 0 spiro atoms. The van der Waals surface area contributed by atoms with Crippen LogP contribution in [0.4, 0.5) is 0 Å². The summed E-state index contributed by atoms with van der Waals surface area (Å²) < 4.78 is 0. The molecular weight excluding hydrogens is 284 g/mol. The van der Waals surface area contributed by atoms with Crippen LogP contribution in [0.25, 0.3) is 0 Å². The van der Waals surface area contributed by atoms with Gasteiger partial charge in [0.2, 0.25) is 0 Å². The van der Waals surface area contributed by atoms with Gasteiger partial charge in [0.15, 0.2) is 0 Å². The van der Waals surface area contributed by atoms with E-state index in [4.69, 9.17) is 0 Å². The number of hydrogen-bond acceptors (Lipinski definition) is 0. The van der Waals surface area contributed by atoms with E-state index in [1.165, 1.54) is 0 Å². The first-order valence-corrected chi connectivity index (χ1v) is 10.7. The first-order valence-electron chi connectivity index (χ1n) is 3.58. The minimum absolute atomic E-state index is 0. The fourth-order valence-corrected chi connectivity index (χ4v) is 11.7. The number of rotatable bonds is 2. The zero-order valence-corrected chi connectivity index (χ0v) is 13.3. The minimum atomic E-state index is -0.856. The molecule has 0 atom stereocenters. The van der Waals surface area contributed by atoms with E-state index < -0.39 is 16.1 Å². The van der Waals surface area contributed by atoms with E-state index in [0.717, 1.165) is 0 Å². The maximum absolute atomic E-state index is 2.65. The molecule has 0 bridgehead atoms. The van der Waals surface area contributed by atoms with Crippen LogP contribution < -0.4 is 0 Å². The molecule has 0 aromatic rings. The first-order chi connectivity index (χ1) is 3.71. The summed E-state index contributed by atoms with van der Waals surface area (Å²) in [4.78, 5) is 0. The average Bonchev–Trinajstić information content (AvgIpc) is 1.14. The van der Waals surface area contributed by atoms with Crippen LogP contribution in [0, 0.1) is 46.5 Å². The summed E-state index contributed by atoms with van der Waals surface area (Å²) in [7, 11) is -1.71. The maximum atomic E-state index is 2.65. The summed E-state index contributed by atoms with van der Waals surface area (Å²) in [5.41, 5.74) is 2.65. The van der Waals surface area contributed by atoms with Gasteiger partial charge < -0.3 is 5.67 Å². The summed E-state index contributed by atoms with van der Waals surface area (Å²) in [6, 6.07) is 0. The van der Waals surface area contributed by atoms with E-state index in [9.17, 15) is 0 Å². The summed E-state index contributed by atoms with van der Waals surface area (Å²) in [6.45, 7) is 14.4. The Labute approximate surface area is 101 Å². The third-order valence-electron chi connectivity index (χ3n) is 0.866. The quantitative estimate of drug-likeness (QED) is 0.543. The summed E-state index contributed by atoms with van der Waals surface area (Å²) in [5.74, 6) is 0. The van der Waals surface area contributed by atoms with Crippen LogP contribution in [0.2, 0.25) is 39.3 Å². The van der Waals surface area contributed by atoms with Crippen LogP contribution in [-0.4, -0.2) is 16.1 Å². The average molecular weight is 304 g/mol. The van der Waals surface area contributed by atoms with Crippen molar-refractivity contribution in [3.05, 3.63) is 5.67 Å². The molecule has 0 amide bonds. The second kappa shape index (κ2) is 4.72. The molecule has 0 aromatic heterocycles. The van der Waals surface area contributed by atoms with Gasteiger partial charge in [-0.15, -0.1) is 16.1 Å². The topological polar surface area (TPSA) is 0 Å². The molecule has 3 heteroatoms. The third kappa shape index (κ3) is 12.5. The Morgan fingerprint density at radius 3 is 0.900 bits per heavy atom. The van der Waals surface area contributed by atoms with Gasteiger partial charge >= 0.3 is 0 Å². The SMILES string of the molecule is C[Si](C)(C)[CH-][Si](C)(C)C.[Nd]. The van der Waals surface area contributed by atoms with E-state index in [1.54, 1.807) is 0 Å². The molecule has 0 aliphatic rings. The van der Waals surface area contributed by atoms with Crippen molar-refractivity contribution in [2.45, 2.75) is 39.3 Å². The van der Waals surface area contributed by atoms with Gasteiger partial charge in [-0.2, -0.15) is 0 Å². The van der Waals surface area contributed by atoms with Crippen molar-refractivity contribution in [3.63, 3.8) is 0 Å². The van der Waals surface area contributed by atoms with Crippen molar-refractivity contribution in [3.8, 4) is 0 Å². The molecule has 0 N–H and O–H groups in total. The Kier molecular flexibility index (Phi) is 6.76. The molecule has 0 saturated heterocycles. The molecule has 0 rings (SSSR count). The molecule has 0 aliphatic carbocycles. The van der Waals surface area contributed by atoms with Gasteiger partial charge in [0, 0.05) is 40.8 Å². The van der Waals surface area contributed by atoms with Crippen molar-refractivity contribution in [2.75, 3.05) is 0 Å². The molecule has 0 radical (unpaired) electrons. The molecular formula is C7H19NdSi2-. The van der Waals surface area contributed by atoms with Crippen LogP contribution in [0.3, 0.4) is 0 Å². The molecule has 0 saturated carbocycles. The van der Waals surface area contributed by atoms with E-state index >= 15 is 0 Å². The van der Waals surface area contributed by atoms with Gasteiger partial charge in [0.25, 0.3) is 0 Å².